The third-order valence-electron chi connectivity index (χ3n) is 16.1. The maximum Gasteiger partial charge on any atom is 0.319 e. The van der Waals surface area contributed by atoms with Gasteiger partial charge >= 0.3 is 6.01 Å². The minimum absolute atomic E-state index is 0.0558. The fraction of sp³-hybridized carbons (Fsp3) is 0.556. The number of nitrogens with zero attached hydrogens (tertiary/aromatic N) is 6. The van der Waals surface area contributed by atoms with Crippen LogP contribution in [0.5, 0.6) is 17.6 Å². The molecule has 2 fully saturated rings. The Morgan fingerprint density at radius 2 is 1.57 bits per heavy atom. The summed E-state index contributed by atoms with van der Waals surface area (Å²) in [6, 6.07) is 10.2. The number of ether oxygens (including phenoxy) is 2. The van der Waals surface area contributed by atoms with Crippen molar-refractivity contribution < 1.29 is 27.1 Å². The van der Waals surface area contributed by atoms with Crippen molar-refractivity contribution in [1.29, 1.82) is 0 Å². The second kappa shape index (κ2) is 19.4. The molecule has 69 heavy (non-hydrogen) atoms. The van der Waals surface area contributed by atoms with Gasteiger partial charge in [-0.1, -0.05) is 101 Å². The number of fused-ring (bicyclic) bond motifs is 2. The number of nitrogen functional groups attached to an aromatic ring is 1. The Balaban J connectivity index is 1.42. The predicted octanol–water partition coefficient (Wildman–Crippen LogP) is 13.1. The molecule has 0 amide bonds. The van der Waals surface area contributed by atoms with Crippen LogP contribution in [0.25, 0.3) is 32.9 Å². The van der Waals surface area contributed by atoms with E-state index >= 15 is 8.78 Å². The number of halogens is 3. The molecule has 3 aliphatic rings. The number of hydrogen-bond donors (Lipinski definition) is 1. The van der Waals surface area contributed by atoms with Crippen LogP contribution < -0.4 is 24.5 Å². The Hall–Kier alpha value is -4.92. The molecule has 0 saturated carbocycles. The Morgan fingerprint density at radius 3 is 2.22 bits per heavy atom. The maximum atomic E-state index is 18.5. The van der Waals surface area contributed by atoms with Gasteiger partial charge in [0.25, 0.3) is 8.32 Å². The molecule has 6 heterocycles. The molecule has 0 bridgehead atoms. The monoisotopic (exact) mass is 980 g/mol. The average molecular weight is 980 g/mol. The molecule has 2 N–H and O–H groups in total. The predicted molar refractivity (Wildman–Crippen MR) is 278 cm³/mol. The van der Waals surface area contributed by atoms with E-state index in [4.69, 9.17) is 34.6 Å². The SMILES string of the molecule is CC(c1cccnc1N)N1CCOc2nc(-c3cc(O[Si](C(C)C)(C(C)C)C(C)C)cc4ccc(F)c(C#C[Si](C(C)C)(C(C)C)C(C)C)c34)c(F)c3nc(OC[C@@]45CCCN4C[C@H](F)C5)nc1c23. The van der Waals surface area contributed by atoms with Gasteiger partial charge in [-0.25, -0.2) is 23.1 Å². The average Bonchev–Trinajstić information content (AvgIpc) is 3.75. The fourth-order valence-corrected chi connectivity index (χ4v) is 23.4. The minimum atomic E-state index is -2.57. The van der Waals surface area contributed by atoms with E-state index in [0.717, 1.165) is 24.9 Å². The van der Waals surface area contributed by atoms with Gasteiger partial charge in [-0.3, -0.25) is 4.90 Å². The van der Waals surface area contributed by atoms with Gasteiger partial charge in [0.15, 0.2) is 5.82 Å². The molecule has 0 radical (unpaired) electrons. The van der Waals surface area contributed by atoms with Crippen molar-refractivity contribution >= 4 is 49.7 Å². The van der Waals surface area contributed by atoms with Crippen molar-refractivity contribution in [2.24, 2.45) is 0 Å². The molecule has 3 aliphatic heterocycles. The summed E-state index contributed by atoms with van der Waals surface area (Å²) >= 11 is 0. The first-order valence-corrected chi connectivity index (χ1v) is 29.6. The summed E-state index contributed by atoms with van der Waals surface area (Å²) in [7, 11) is -4.95. The van der Waals surface area contributed by atoms with Crippen LogP contribution in [0.4, 0.5) is 24.8 Å². The maximum absolute atomic E-state index is 18.5. The number of nitrogens with two attached hydrogens (primary N) is 1. The van der Waals surface area contributed by atoms with Crippen molar-refractivity contribution in [2.75, 3.05) is 43.5 Å². The number of anilines is 2. The van der Waals surface area contributed by atoms with Gasteiger partial charge in [-0.15, -0.1) is 5.54 Å². The van der Waals surface area contributed by atoms with Crippen LogP contribution in [0.2, 0.25) is 33.2 Å². The van der Waals surface area contributed by atoms with Crippen molar-refractivity contribution in [3.05, 3.63) is 65.4 Å². The molecule has 5 aromatic rings. The van der Waals surface area contributed by atoms with Gasteiger partial charge in [0, 0.05) is 35.7 Å². The number of aromatic nitrogens is 4. The lowest BCUT2D eigenvalue weighted by atomic mass is 9.95. The smallest absolute Gasteiger partial charge is 0.319 e. The molecule has 10 nitrogen and oxygen atoms in total. The van der Waals surface area contributed by atoms with Crippen LogP contribution >= 0.6 is 0 Å². The van der Waals surface area contributed by atoms with Crippen LogP contribution in [0.15, 0.2) is 42.6 Å². The third-order valence-corrected chi connectivity index (χ3v) is 28.4. The van der Waals surface area contributed by atoms with Crippen molar-refractivity contribution in [1.82, 2.24) is 24.8 Å². The molecule has 0 spiro atoms. The zero-order chi connectivity index (χ0) is 49.9. The van der Waals surface area contributed by atoms with Gasteiger partial charge < -0.3 is 24.5 Å². The third kappa shape index (κ3) is 8.74. The van der Waals surface area contributed by atoms with Crippen LogP contribution in [-0.2, 0) is 0 Å². The van der Waals surface area contributed by atoms with Gasteiger partial charge in [0.2, 0.25) is 5.88 Å². The highest BCUT2D eigenvalue weighted by atomic mass is 28.4. The van der Waals surface area contributed by atoms with Gasteiger partial charge in [0.05, 0.1) is 23.7 Å². The number of alkyl halides is 1. The van der Waals surface area contributed by atoms with E-state index in [-0.39, 0.29) is 69.9 Å². The van der Waals surface area contributed by atoms with E-state index in [9.17, 15) is 4.39 Å². The first-order valence-electron chi connectivity index (χ1n) is 25.2. The van der Waals surface area contributed by atoms with Gasteiger partial charge in [0.1, 0.15) is 67.3 Å². The number of rotatable bonds is 14. The summed E-state index contributed by atoms with van der Waals surface area (Å²) in [6.07, 6.45) is 2.71. The molecule has 2 aromatic carbocycles. The molecule has 1 unspecified atom stereocenters. The Kier molecular flexibility index (Phi) is 14.2. The molecule has 8 rings (SSSR count). The largest absolute Gasteiger partial charge is 0.543 e. The van der Waals surface area contributed by atoms with Gasteiger partial charge in [-0.2, -0.15) is 9.97 Å². The van der Waals surface area contributed by atoms with E-state index < -0.39 is 39.7 Å². The summed E-state index contributed by atoms with van der Waals surface area (Å²) in [5.74, 6) is 3.55. The Labute approximate surface area is 409 Å². The molecule has 370 valence electrons. The summed E-state index contributed by atoms with van der Waals surface area (Å²) in [5, 5.41) is 1.34. The van der Waals surface area contributed by atoms with Crippen LogP contribution in [0.3, 0.4) is 0 Å². The molecular weight excluding hydrogens is 908 g/mol. The van der Waals surface area contributed by atoms with E-state index in [0.29, 0.717) is 69.9 Å². The lowest BCUT2D eigenvalue weighted by molar-refractivity contribution is 0.107. The van der Waals surface area contributed by atoms with Crippen LogP contribution in [0, 0.1) is 23.1 Å². The topological polar surface area (TPSA) is 112 Å². The zero-order valence-electron chi connectivity index (χ0n) is 42.9. The van der Waals surface area contributed by atoms with Crippen molar-refractivity contribution in [3.8, 4) is 40.4 Å². The molecule has 0 aliphatic carbocycles. The fourth-order valence-electron chi connectivity index (χ4n) is 12.9. The molecular formula is C54H72F3N7O3Si2. The summed E-state index contributed by atoms with van der Waals surface area (Å²) < 4.78 is 70.7. The van der Waals surface area contributed by atoms with E-state index in [1.54, 1.807) is 12.3 Å². The van der Waals surface area contributed by atoms with E-state index in [1.807, 2.05) is 36.1 Å². The normalized spacial score (nSPS) is 19.3. The van der Waals surface area contributed by atoms with Crippen LogP contribution in [-0.4, -0.2) is 85.8 Å². The highest BCUT2D eigenvalue weighted by Crippen LogP contribution is 2.48. The first kappa shape index (κ1) is 50.5. The summed E-state index contributed by atoms with van der Waals surface area (Å²) in [5.41, 5.74) is 12.4. The Bertz CT molecular complexity index is 2750. The van der Waals surface area contributed by atoms with Gasteiger partial charge in [-0.05, 0) is 89.2 Å². The lowest BCUT2D eigenvalue weighted by Crippen LogP contribution is -2.50. The number of benzene rings is 2. The van der Waals surface area contributed by atoms with Crippen LogP contribution in [0.1, 0.15) is 126 Å². The standard InChI is InChI=1S/C54H72F3N7O3Si2/c1-31(2)68(32(3)4,33(5)6)25-19-42-44(56)18-17-38-26-40(67-69(34(7)8,35(9)10)36(11)12)27-43(45(38)42)48-47(57)49-46-51(62-53(61-49)66-30-54-20-15-22-63(54)29-39(55)28-54)64(23-24-65-52(46)60-48)37(13)41-16-14-21-59-50(41)58/h14,16-18,21,26-27,31-37,39H,15,20,22-24,28-30H2,1-13H3,(H2,58,59)/t37?,39-,54+/m1/s1. The molecule has 2 saturated heterocycles. The molecule has 3 aromatic heterocycles. The first-order chi connectivity index (χ1) is 32.7. The van der Waals surface area contributed by atoms with Crippen molar-refractivity contribution in [3.63, 3.8) is 0 Å². The minimum Gasteiger partial charge on any atom is -0.543 e. The van der Waals surface area contributed by atoms with Crippen molar-refractivity contribution in [2.45, 2.75) is 160 Å². The number of hydrogen-bond acceptors (Lipinski definition) is 10. The second-order valence-corrected chi connectivity index (χ2v) is 32.7. The quantitative estimate of drug-likeness (QED) is 0.0853. The highest BCUT2D eigenvalue weighted by Gasteiger charge is 2.50. The van der Waals surface area contributed by atoms with E-state index in [1.165, 1.54) is 6.07 Å². The lowest BCUT2D eigenvalue weighted by Gasteiger charge is -2.42. The zero-order valence-corrected chi connectivity index (χ0v) is 44.9. The summed E-state index contributed by atoms with van der Waals surface area (Å²) in [6.45, 7) is 30.4. The Morgan fingerprint density at radius 1 is 0.870 bits per heavy atom. The second-order valence-electron chi connectivity index (χ2n) is 21.8. The highest BCUT2D eigenvalue weighted by molar-refractivity contribution is 6.90. The molecule has 15 heteroatoms. The summed E-state index contributed by atoms with van der Waals surface area (Å²) in [4.78, 5) is 23.4. The number of pyridine rings is 2. The van der Waals surface area contributed by atoms with E-state index in [2.05, 4.69) is 104 Å². The molecule has 3 atom stereocenters.